The molecule has 0 radical (unpaired) electrons. The summed E-state index contributed by atoms with van der Waals surface area (Å²) in [5.74, 6) is 3.54. The summed E-state index contributed by atoms with van der Waals surface area (Å²) in [7, 11) is 3.16. The van der Waals surface area contributed by atoms with Crippen molar-refractivity contribution in [2.24, 2.45) is 4.99 Å². The van der Waals surface area contributed by atoms with E-state index < -0.39 is 0 Å². The molecular formula is C21H20N2O3S. The van der Waals surface area contributed by atoms with Crippen LogP contribution in [0.15, 0.2) is 35.3 Å². The van der Waals surface area contributed by atoms with Crippen LogP contribution in [0.4, 0.5) is 0 Å². The molecule has 5 nitrogen and oxygen atoms in total. The largest absolute Gasteiger partial charge is 0.493 e. The van der Waals surface area contributed by atoms with E-state index in [4.69, 9.17) is 15.9 Å². The molecular weight excluding hydrogens is 360 g/mol. The quantitative estimate of drug-likeness (QED) is 0.649. The second-order valence-corrected chi connectivity index (χ2v) is 7.07. The van der Waals surface area contributed by atoms with E-state index in [2.05, 4.69) is 10.9 Å². The van der Waals surface area contributed by atoms with Crippen LogP contribution in [0.2, 0.25) is 0 Å². The second kappa shape index (κ2) is 7.68. The van der Waals surface area contributed by atoms with Gasteiger partial charge in [-0.3, -0.25) is 4.79 Å². The van der Waals surface area contributed by atoms with E-state index in [1.165, 1.54) is 11.3 Å². The zero-order valence-corrected chi connectivity index (χ0v) is 16.5. The van der Waals surface area contributed by atoms with E-state index in [9.17, 15) is 4.79 Å². The van der Waals surface area contributed by atoms with Crippen molar-refractivity contribution in [2.75, 3.05) is 14.2 Å². The lowest BCUT2D eigenvalue weighted by Gasteiger charge is -2.08. The summed E-state index contributed by atoms with van der Waals surface area (Å²) in [5.41, 5.74) is 3.59. The molecule has 1 aromatic heterocycles. The van der Waals surface area contributed by atoms with Crippen LogP contribution in [0.1, 0.15) is 21.5 Å². The van der Waals surface area contributed by atoms with Gasteiger partial charge in [0.25, 0.3) is 5.91 Å². The molecule has 0 fully saturated rings. The number of benzene rings is 2. The number of terminal acetylenes is 1. The third-order valence-corrected chi connectivity index (χ3v) is 5.43. The van der Waals surface area contributed by atoms with Gasteiger partial charge in [-0.2, -0.15) is 4.99 Å². The summed E-state index contributed by atoms with van der Waals surface area (Å²) >= 11 is 1.39. The fourth-order valence-electron chi connectivity index (χ4n) is 2.75. The van der Waals surface area contributed by atoms with Gasteiger partial charge in [0, 0.05) is 17.7 Å². The molecule has 0 unspecified atom stereocenters. The van der Waals surface area contributed by atoms with E-state index in [0.29, 0.717) is 28.4 Å². The van der Waals surface area contributed by atoms with Gasteiger partial charge in [0.05, 0.1) is 31.0 Å². The van der Waals surface area contributed by atoms with Gasteiger partial charge in [-0.1, -0.05) is 23.3 Å². The monoisotopic (exact) mass is 380 g/mol. The van der Waals surface area contributed by atoms with Crippen LogP contribution in [-0.4, -0.2) is 24.7 Å². The van der Waals surface area contributed by atoms with Crippen LogP contribution < -0.4 is 14.3 Å². The average Bonchev–Trinajstić information content (AvgIpc) is 2.99. The minimum Gasteiger partial charge on any atom is -0.493 e. The Morgan fingerprint density at radius 2 is 1.85 bits per heavy atom. The molecule has 6 heteroatoms. The predicted molar refractivity (Wildman–Crippen MR) is 108 cm³/mol. The molecule has 1 amide bonds. The lowest BCUT2D eigenvalue weighted by atomic mass is 10.1. The van der Waals surface area contributed by atoms with Gasteiger partial charge in [0.2, 0.25) is 0 Å². The SMILES string of the molecule is C#CCn1c(=NC(=O)c2ccc(C)c(C)c2)sc2cc(OC)c(OC)cc21. The van der Waals surface area contributed by atoms with Gasteiger partial charge in [-0.25, -0.2) is 0 Å². The predicted octanol–water partition coefficient (Wildman–Crippen LogP) is 3.71. The molecule has 3 rings (SSSR count). The van der Waals surface area contributed by atoms with Crippen molar-refractivity contribution in [3.63, 3.8) is 0 Å². The highest BCUT2D eigenvalue weighted by molar-refractivity contribution is 7.16. The first kappa shape index (κ1) is 18.7. The van der Waals surface area contributed by atoms with Crippen molar-refractivity contribution in [3.05, 3.63) is 51.8 Å². The van der Waals surface area contributed by atoms with Gasteiger partial charge in [-0.05, 0) is 37.1 Å². The zero-order valence-electron chi connectivity index (χ0n) is 15.7. The van der Waals surface area contributed by atoms with E-state index >= 15 is 0 Å². The molecule has 0 bridgehead atoms. The normalized spacial score (nSPS) is 11.4. The number of carbonyl (C=O) groups excluding carboxylic acids is 1. The molecule has 27 heavy (non-hydrogen) atoms. The number of aromatic nitrogens is 1. The van der Waals surface area contributed by atoms with Gasteiger partial charge >= 0.3 is 0 Å². The lowest BCUT2D eigenvalue weighted by Crippen LogP contribution is -2.16. The van der Waals surface area contributed by atoms with Crippen molar-refractivity contribution in [2.45, 2.75) is 20.4 Å². The van der Waals surface area contributed by atoms with Crippen molar-refractivity contribution < 1.29 is 14.3 Å². The highest BCUT2D eigenvalue weighted by atomic mass is 32.1. The molecule has 1 heterocycles. The van der Waals surface area contributed by atoms with Gasteiger partial charge in [0.15, 0.2) is 16.3 Å². The average molecular weight is 380 g/mol. The van der Waals surface area contributed by atoms with E-state index in [-0.39, 0.29) is 5.91 Å². The number of aryl methyl sites for hydroxylation is 2. The molecule has 0 saturated heterocycles. The molecule has 0 aliphatic heterocycles. The standard InChI is InChI=1S/C21H20N2O3S/c1-6-9-23-16-11-17(25-4)18(26-5)12-19(16)27-21(23)22-20(24)15-8-7-13(2)14(3)10-15/h1,7-8,10-12H,9H2,2-5H3. The number of fused-ring (bicyclic) bond motifs is 1. The summed E-state index contributed by atoms with van der Waals surface area (Å²) in [6.07, 6.45) is 5.54. The number of hydrogen-bond donors (Lipinski definition) is 0. The number of hydrogen-bond acceptors (Lipinski definition) is 4. The Bertz CT molecular complexity index is 1130. The fourth-order valence-corrected chi connectivity index (χ4v) is 3.79. The Kier molecular flexibility index (Phi) is 5.33. The first-order chi connectivity index (χ1) is 13.0. The summed E-state index contributed by atoms with van der Waals surface area (Å²) < 4.78 is 13.5. The number of nitrogens with zero attached hydrogens (tertiary/aromatic N) is 2. The number of rotatable bonds is 4. The number of methoxy groups -OCH3 is 2. The van der Waals surface area contributed by atoms with Crippen LogP contribution in [0.5, 0.6) is 11.5 Å². The molecule has 138 valence electrons. The third kappa shape index (κ3) is 3.60. The van der Waals surface area contributed by atoms with Crippen molar-refractivity contribution in [1.29, 1.82) is 0 Å². The van der Waals surface area contributed by atoms with Crippen molar-refractivity contribution >= 4 is 27.5 Å². The Hall–Kier alpha value is -3.04. The van der Waals surface area contributed by atoms with E-state index in [1.807, 2.05) is 42.7 Å². The van der Waals surface area contributed by atoms with Gasteiger partial charge < -0.3 is 14.0 Å². The second-order valence-electron chi connectivity index (χ2n) is 6.07. The van der Waals surface area contributed by atoms with E-state index in [0.717, 1.165) is 21.3 Å². The van der Waals surface area contributed by atoms with Crippen molar-refractivity contribution in [1.82, 2.24) is 4.57 Å². The maximum absolute atomic E-state index is 12.7. The molecule has 0 spiro atoms. The maximum atomic E-state index is 12.7. The van der Waals surface area contributed by atoms with Gasteiger partial charge in [-0.15, -0.1) is 6.42 Å². The summed E-state index contributed by atoms with van der Waals surface area (Å²) in [6, 6.07) is 9.28. The number of thiazole rings is 1. The third-order valence-electron chi connectivity index (χ3n) is 4.39. The molecule has 3 aromatic rings. The number of amides is 1. The topological polar surface area (TPSA) is 52.8 Å². The smallest absolute Gasteiger partial charge is 0.279 e. The van der Waals surface area contributed by atoms with Crippen LogP contribution in [0.3, 0.4) is 0 Å². The van der Waals surface area contributed by atoms with Gasteiger partial charge in [0.1, 0.15) is 0 Å². The van der Waals surface area contributed by atoms with Crippen LogP contribution in [0.25, 0.3) is 10.2 Å². The summed E-state index contributed by atoms with van der Waals surface area (Å²) in [4.78, 5) is 17.6. The zero-order chi connectivity index (χ0) is 19.6. The Labute approximate surface area is 161 Å². The van der Waals surface area contributed by atoms with E-state index in [1.54, 1.807) is 20.3 Å². The fraction of sp³-hybridized carbons (Fsp3) is 0.238. The van der Waals surface area contributed by atoms with Crippen molar-refractivity contribution in [3.8, 4) is 23.8 Å². The molecule has 0 aliphatic rings. The highest BCUT2D eigenvalue weighted by Gasteiger charge is 2.13. The maximum Gasteiger partial charge on any atom is 0.279 e. The highest BCUT2D eigenvalue weighted by Crippen LogP contribution is 2.33. The minimum absolute atomic E-state index is 0.297. The molecule has 0 saturated carbocycles. The minimum atomic E-state index is -0.297. The number of carbonyl (C=O) groups is 1. The summed E-state index contributed by atoms with van der Waals surface area (Å²) in [6.45, 7) is 4.28. The molecule has 0 atom stereocenters. The van der Waals surface area contributed by atoms with Crippen LogP contribution in [-0.2, 0) is 6.54 Å². The number of ether oxygens (including phenoxy) is 2. The molecule has 2 aromatic carbocycles. The van der Waals surface area contributed by atoms with Crippen LogP contribution in [0, 0.1) is 26.2 Å². The lowest BCUT2D eigenvalue weighted by molar-refractivity contribution is 0.0998. The Balaban J connectivity index is 2.18. The first-order valence-electron chi connectivity index (χ1n) is 8.33. The molecule has 0 aliphatic carbocycles. The first-order valence-corrected chi connectivity index (χ1v) is 9.15. The Morgan fingerprint density at radius 1 is 1.15 bits per heavy atom. The summed E-state index contributed by atoms with van der Waals surface area (Å²) in [5, 5.41) is 0. The Morgan fingerprint density at radius 3 is 2.48 bits per heavy atom. The van der Waals surface area contributed by atoms with Crippen LogP contribution >= 0.6 is 11.3 Å². The molecule has 0 N–H and O–H groups in total.